The van der Waals surface area contributed by atoms with Gasteiger partial charge in [-0.25, -0.2) is 4.98 Å². The largest absolute Gasteiger partial charge is 0.364 e. The summed E-state index contributed by atoms with van der Waals surface area (Å²) in [4.78, 5) is 21.6. The first-order valence-corrected chi connectivity index (χ1v) is 9.34. The molecule has 0 atom stereocenters. The predicted molar refractivity (Wildman–Crippen MR) is 112 cm³/mol. The Morgan fingerprint density at radius 2 is 1.90 bits per heavy atom. The van der Waals surface area contributed by atoms with Crippen LogP contribution in [0.15, 0.2) is 55.1 Å². The van der Waals surface area contributed by atoms with Crippen LogP contribution in [0, 0.1) is 0 Å². The van der Waals surface area contributed by atoms with Crippen LogP contribution in [-0.4, -0.2) is 30.5 Å². The molecule has 29 heavy (non-hydrogen) atoms. The number of pyridine rings is 2. The Balaban J connectivity index is 1.88. The molecule has 1 aromatic carbocycles. The number of aromatic amines is 1. The third-order valence-corrected chi connectivity index (χ3v) is 5.35. The Bertz CT molecular complexity index is 1390. The highest BCUT2D eigenvalue weighted by atomic mass is 35.5. The third kappa shape index (κ3) is 2.74. The van der Waals surface area contributed by atoms with Gasteiger partial charge in [0.2, 0.25) is 0 Å². The van der Waals surface area contributed by atoms with Crippen LogP contribution < -0.4 is 5.73 Å². The number of fused-ring (bicyclic) bond motifs is 3. The number of nitrogens with two attached hydrogens (primary N) is 1. The number of hydrogen-bond acceptors (Lipinski definition) is 4. The number of hydrogen-bond donors (Lipinski definition) is 2. The monoisotopic (exact) mass is 422 g/mol. The van der Waals surface area contributed by atoms with Gasteiger partial charge in [-0.2, -0.15) is 5.10 Å². The van der Waals surface area contributed by atoms with Gasteiger partial charge in [-0.15, -0.1) is 0 Å². The smallest absolute Gasteiger partial charge is 0.268 e. The molecule has 7 nitrogen and oxygen atoms in total. The number of halogens is 2. The molecule has 0 aliphatic carbocycles. The number of rotatable bonds is 3. The summed E-state index contributed by atoms with van der Waals surface area (Å²) in [7, 11) is 0. The normalized spacial score (nSPS) is 11.4. The molecule has 1 amide bonds. The van der Waals surface area contributed by atoms with Crippen molar-refractivity contribution in [2.45, 2.75) is 0 Å². The van der Waals surface area contributed by atoms with Crippen molar-refractivity contribution in [3.05, 3.63) is 70.9 Å². The fraction of sp³-hybridized carbons (Fsp3) is 0. The van der Waals surface area contributed by atoms with E-state index >= 15 is 0 Å². The molecule has 4 heterocycles. The maximum atomic E-state index is 12.3. The molecule has 0 fully saturated rings. The molecular weight excluding hydrogens is 411 g/mol. The number of nitrogens with one attached hydrogen (secondary N) is 1. The quantitative estimate of drug-likeness (QED) is 0.451. The van der Waals surface area contributed by atoms with Crippen molar-refractivity contribution in [3.8, 4) is 22.4 Å². The molecule has 5 aromatic rings. The van der Waals surface area contributed by atoms with Crippen LogP contribution in [0.2, 0.25) is 10.0 Å². The topological polar surface area (TPSA) is 102 Å². The van der Waals surface area contributed by atoms with E-state index in [0.717, 1.165) is 22.0 Å². The summed E-state index contributed by atoms with van der Waals surface area (Å²) in [5.41, 5.74) is 9.69. The van der Waals surface area contributed by atoms with E-state index < -0.39 is 5.91 Å². The summed E-state index contributed by atoms with van der Waals surface area (Å²) in [6.45, 7) is 0. The molecule has 0 aliphatic rings. The molecule has 9 heteroatoms. The molecule has 0 unspecified atom stereocenters. The Morgan fingerprint density at radius 1 is 1.10 bits per heavy atom. The standard InChI is InChI=1S/C20H12Cl2N6O/c21-13-2-1-3-14(22)16(13)17-18(19(23)29)28-5-4-15-12(20(28)27-17)6-10(7-24-15)11-8-25-26-9-11/h1-9H,(H2,23,29)(H,25,26). The lowest BCUT2D eigenvalue weighted by atomic mass is 10.1. The van der Waals surface area contributed by atoms with Crippen LogP contribution in [0.1, 0.15) is 10.5 Å². The lowest BCUT2D eigenvalue weighted by Crippen LogP contribution is -2.15. The SMILES string of the molecule is NC(=O)c1c(-c2c(Cl)cccc2Cl)nc2c3cc(-c4cn[nH]c4)cnc3ccn12. The second kappa shape index (κ2) is 6.58. The first kappa shape index (κ1) is 17.7. The molecule has 0 aliphatic heterocycles. The molecule has 0 radical (unpaired) electrons. The summed E-state index contributed by atoms with van der Waals surface area (Å²) in [6.07, 6.45) is 6.95. The lowest BCUT2D eigenvalue weighted by Gasteiger charge is -2.06. The third-order valence-electron chi connectivity index (χ3n) is 4.72. The predicted octanol–water partition coefficient (Wildman–Crippen LogP) is 4.35. The highest BCUT2D eigenvalue weighted by Crippen LogP contribution is 2.37. The molecular formula is C20H12Cl2N6O. The van der Waals surface area contributed by atoms with Crippen LogP contribution in [0.25, 0.3) is 38.9 Å². The van der Waals surface area contributed by atoms with Gasteiger partial charge in [0.25, 0.3) is 5.91 Å². The van der Waals surface area contributed by atoms with Crippen LogP contribution >= 0.6 is 23.2 Å². The Morgan fingerprint density at radius 3 is 2.59 bits per heavy atom. The van der Waals surface area contributed by atoms with Crippen LogP contribution in [0.5, 0.6) is 0 Å². The van der Waals surface area contributed by atoms with Gasteiger partial charge in [0.1, 0.15) is 17.0 Å². The van der Waals surface area contributed by atoms with Gasteiger partial charge >= 0.3 is 0 Å². The average molecular weight is 423 g/mol. The van der Waals surface area contributed by atoms with Crippen molar-refractivity contribution < 1.29 is 4.79 Å². The highest BCUT2D eigenvalue weighted by molar-refractivity contribution is 6.39. The number of benzene rings is 1. The minimum atomic E-state index is -0.637. The summed E-state index contributed by atoms with van der Waals surface area (Å²) in [5, 5.41) is 8.28. The number of amides is 1. The van der Waals surface area contributed by atoms with Crippen LogP contribution in [0.4, 0.5) is 0 Å². The number of nitrogens with zero attached hydrogens (tertiary/aromatic N) is 4. The first-order valence-electron chi connectivity index (χ1n) is 8.59. The summed E-state index contributed by atoms with van der Waals surface area (Å²) in [5.74, 6) is -0.637. The Hall–Kier alpha value is -3.42. The maximum absolute atomic E-state index is 12.3. The van der Waals surface area contributed by atoms with Crippen molar-refractivity contribution in [2.24, 2.45) is 5.73 Å². The summed E-state index contributed by atoms with van der Waals surface area (Å²) >= 11 is 12.7. The Kier molecular flexibility index (Phi) is 4.01. The second-order valence-electron chi connectivity index (χ2n) is 6.42. The van der Waals surface area contributed by atoms with Gasteiger partial charge < -0.3 is 5.73 Å². The van der Waals surface area contributed by atoms with Gasteiger partial charge in [0.15, 0.2) is 0 Å². The minimum Gasteiger partial charge on any atom is -0.364 e. The van der Waals surface area contributed by atoms with Gasteiger partial charge in [-0.1, -0.05) is 29.3 Å². The zero-order valence-corrected chi connectivity index (χ0v) is 16.2. The number of primary amides is 1. The van der Waals surface area contributed by atoms with E-state index in [0.29, 0.717) is 26.9 Å². The first-order chi connectivity index (χ1) is 14.0. The minimum absolute atomic E-state index is 0.200. The lowest BCUT2D eigenvalue weighted by molar-refractivity contribution is 0.0995. The maximum Gasteiger partial charge on any atom is 0.268 e. The van der Waals surface area contributed by atoms with Crippen LogP contribution in [-0.2, 0) is 0 Å². The molecule has 5 rings (SSSR count). The van der Waals surface area contributed by atoms with Crippen LogP contribution in [0.3, 0.4) is 0 Å². The molecule has 0 bridgehead atoms. The van der Waals surface area contributed by atoms with E-state index in [4.69, 9.17) is 33.9 Å². The van der Waals surface area contributed by atoms with Crippen molar-refractivity contribution in [1.29, 1.82) is 0 Å². The van der Waals surface area contributed by atoms with E-state index in [1.807, 2.05) is 6.07 Å². The van der Waals surface area contributed by atoms with E-state index in [1.165, 1.54) is 0 Å². The average Bonchev–Trinajstić information content (AvgIpc) is 3.35. The van der Waals surface area contributed by atoms with Gasteiger partial charge in [0, 0.05) is 40.7 Å². The molecule has 0 saturated carbocycles. The van der Waals surface area contributed by atoms with Crippen molar-refractivity contribution in [1.82, 2.24) is 24.6 Å². The van der Waals surface area contributed by atoms with E-state index in [-0.39, 0.29) is 5.69 Å². The van der Waals surface area contributed by atoms with E-state index in [2.05, 4.69) is 15.2 Å². The molecule has 0 saturated heterocycles. The molecule has 142 valence electrons. The van der Waals surface area contributed by atoms with Crippen molar-refractivity contribution in [2.75, 3.05) is 0 Å². The molecule has 4 aromatic heterocycles. The van der Waals surface area contributed by atoms with E-state index in [9.17, 15) is 4.79 Å². The van der Waals surface area contributed by atoms with Gasteiger partial charge in [0.05, 0.1) is 21.8 Å². The summed E-state index contributed by atoms with van der Waals surface area (Å²) in [6, 6.07) is 8.85. The van der Waals surface area contributed by atoms with Gasteiger partial charge in [-0.05, 0) is 24.3 Å². The summed E-state index contributed by atoms with van der Waals surface area (Å²) < 4.78 is 1.64. The number of carbonyl (C=O) groups excluding carboxylic acids is 1. The molecule has 3 N–H and O–H groups in total. The zero-order valence-electron chi connectivity index (χ0n) is 14.7. The zero-order chi connectivity index (χ0) is 20.1. The Labute approximate surface area is 174 Å². The second-order valence-corrected chi connectivity index (χ2v) is 7.24. The highest BCUT2D eigenvalue weighted by Gasteiger charge is 2.23. The van der Waals surface area contributed by atoms with Crippen molar-refractivity contribution in [3.63, 3.8) is 0 Å². The number of aromatic nitrogens is 5. The van der Waals surface area contributed by atoms with Gasteiger partial charge in [-0.3, -0.25) is 19.3 Å². The fourth-order valence-corrected chi connectivity index (χ4v) is 3.98. The number of imidazole rings is 1. The number of carbonyl (C=O) groups is 1. The number of H-pyrrole nitrogens is 1. The fourth-order valence-electron chi connectivity index (χ4n) is 3.40. The molecule has 0 spiro atoms. The van der Waals surface area contributed by atoms with Crippen molar-refractivity contribution >= 4 is 45.7 Å². The van der Waals surface area contributed by atoms with E-state index in [1.54, 1.807) is 53.5 Å².